The van der Waals surface area contributed by atoms with Gasteiger partial charge >= 0.3 is 12.3 Å². The van der Waals surface area contributed by atoms with E-state index < -0.39 is 12.3 Å². The SMILES string of the molecule is Cc1cccc(N(C)C(=O)C(F)Oc2ccccc2C#N)c1. The van der Waals surface area contributed by atoms with Gasteiger partial charge in [0.25, 0.3) is 0 Å². The van der Waals surface area contributed by atoms with Crippen LogP contribution in [0.5, 0.6) is 5.75 Å². The fourth-order valence-electron chi connectivity index (χ4n) is 1.94. The molecule has 2 aromatic rings. The van der Waals surface area contributed by atoms with Crippen molar-refractivity contribution in [1.29, 1.82) is 5.26 Å². The second-order valence-electron chi connectivity index (χ2n) is 4.78. The third-order valence-electron chi connectivity index (χ3n) is 3.15. The van der Waals surface area contributed by atoms with E-state index in [-0.39, 0.29) is 11.3 Å². The molecule has 0 radical (unpaired) electrons. The molecule has 22 heavy (non-hydrogen) atoms. The molecule has 0 N–H and O–H groups in total. The van der Waals surface area contributed by atoms with Gasteiger partial charge in [-0.15, -0.1) is 0 Å². The number of nitriles is 1. The Balaban J connectivity index is 2.14. The third-order valence-corrected chi connectivity index (χ3v) is 3.15. The number of benzene rings is 2. The standard InChI is InChI=1S/C17H15FN2O2/c1-12-6-5-8-14(10-12)20(2)17(21)16(18)22-15-9-4-3-7-13(15)11-19/h3-10,16H,1-2H3. The second kappa shape index (κ2) is 6.72. The molecule has 0 bridgehead atoms. The zero-order valence-electron chi connectivity index (χ0n) is 12.3. The molecule has 0 aliphatic rings. The van der Waals surface area contributed by atoms with E-state index in [1.807, 2.05) is 19.1 Å². The highest BCUT2D eigenvalue weighted by molar-refractivity contribution is 5.95. The minimum atomic E-state index is -2.18. The van der Waals surface area contributed by atoms with Crippen molar-refractivity contribution in [2.24, 2.45) is 0 Å². The van der Waals surface area contributed by atoms with E-state index >= 15 is 0 Å². The van der Waals surface area contributed by atoms with Gasteiger partial charge in [0, 0.05) is 12.7 Å². The quantitative estimate of drug-likeness (QED) is 0.871. The summed E-state index contributed by atoms with van der Waals surface area (Å²) in [5, 5.41) is 8.94. The highest BCUT2D eigenvalue weighted by Gasteiger charge is 2.25. The number of amides is 1. The number of carbonyl (C=O) groups is 1. The Morgan fingerprint density at radius 1 is 1.27 bits per heavy atom. The van der Waals surface area contributed by atoms with Crippen LogP contribution in [0.1, 0.15) is 11.1 Å². The van der Waals surface area contributed by atoms with Crippen LogP contribution in [0.2, 0.25) is 0 Å². The normalized spacial score (nSPS) is 11.4. The van der Waals surface area contributed by atoms with Crippen molar-refractivity contribution >= 4 is 11.6 Å². The van der Waals surface area contributed by atoms with Crippen molar-refractivity contribution < 1.29 is 13.9 Å². The lowest BCUT2D eigenvalue weighted by Crippen LogP contribution is -2.37. The number of carbonyl (C=O) groups excluding carboxylic acids is 1. The molecule has 0 spiro atoms. The maximum atomic E-state index is 14.1. The number of alkyl halides is 1. The number of anilines is 1. The van der Waals surface area contributed by atoms with E-state index in [1.54, 1.807) is 30.3 Å². The molecular formula is C17H15FN2O2. The average Bonchev–Trinajstić information content (AvgIpc) is 2.54. The van der Waals surface area contributed by atoms with Gasteiger partial charge in [-0.3, -0.25) is 4.79 Å². The van der Waals surface area contributed by atoms with Gasteiger partial charge in [0.1, 0.15) is 11.8 Å². The smallest absolute Gasteiger partial charge is 0.317 e. The Bertz CT molecular complexity index is 725. The number of ether oxygens (including phenoxy) is 1. The van der Waals surface area contributed by atoms with Crippen LogP contribution >= 0.6 is 0 Å². The number of halogens is 1. The predicted octanol–water partition coefficient (Wildman–Crippen LogP) is 3.20. The van der Waals surface area contributed by atoms with Gasteiger partial charge in [-0.2, -0.15) is 9.65 Å². The molecule has 2 aromatic carbocycles. The van der Waals surface area contributed by atoms with Crippen LogP contribution in [0.4, 0.5) is 10.1 Å². The fourth-order valence-corrected chi connectivity index (χ4v) is 1.94. The number of aryl methyl sites for hydroxylation is 1. The summed E-state index contributed by atoms with van der Waals surface area (Å²) in [4.78, 5) is 13.3. The third kappa shape index (κ3) is 3.41. The largest absolute Gasteiger partial charge is 0.450 e. The number of hydrogen-bond donors (Lipinski definition) is 0. The molecule has 1 amide bonds. The molecule has 2 rings (SSSR count). The summed E-state index contributed by atoms with van der Waals surface area (Å²) in [6, 6.07) is 15.2. The van der Waals surface area contributed by atoms with Gasteiger partial charge in [-0.25, -0.2) is 0 Å². The molecule has 0 aliphatic heterocycles. The van der Waals surface area contributed by atoms with Crippen molar-refractivity contribution in [1.82, 2.24) is 0 Å². The summed E-state index contributed by atoms with van der Waals surface area (Å²) in [5.41, 5.74) is 1.71. The van der Waals surface area contributed by atoms with Crippen molar-refractivity contribution in [2.45, 2.75) is 13.3 Å². The molecule has 0 saturated carbocycles. The van der Waals surface area contributed by atoms with Crippen LogP contribution in [0, 0.1) is 18.3 Å². The lowest BCUT2D eigenvalue weighted by Gasteiger charge is -2.20. The number of likely N-dealkylation sites (N-methyl/N-ethyl adjacent to an activating group) is 1. The zero-order valence-corrected chi connectivity index (χ0v) is 12.3. The van der Waals surface area contributed by atoms with Gasteiger partial charge in [0.05, 0.1) is 5.56 Å². The molecule has 0 saturated heterocycles. The Labute approximate surface area is 128 Å². The fraction of sp³-hybridized carbons (Fsp3) is 0.176. The van der Waals surface area contributed by atoms with E-state index in [0.717, 1.165) is 5.56 Å². The van der Waals surface area contributed by atoms with E-state index in [4.69, 9.17) is 10.00 Å². The van der Waals surface area contributed by atoms with Crippen molar-refractivity contribution in [3.05, 3.63) is 59.7 Å². The van der Waals surface area contributed by atoms with Crippen LogP contribution in [-0.4, -0.2) is 19.3 Å². The maximum Gasteiger partial charge on any atom is 0.317 e. The molecule has 0 fully saturated rings. The Morgan fingerprint density at radius 3 is 2.68 bits per heavy atom. The molecule has 0 aromatic heterocycles. The summed E-state index contributed by atoms with van der Waals surface area (Å²) >= 11 is 0. The molecule has 0 heterocycles. The average molecular weight is 298 g/mol. The van der Waals surface area contributed by atoms with Crippen LogP contribution < -0.4 is 9.64 Å². The zero-order chi connectivity index (χ0) is 16.1. The maximum absolute atomic E-state index is 14.1. The number of rotatable bonds is 4. The molecule has 1 atom stereocenters. The summed E-state index contributed by atoms with van der Waals surface area (Å²) in [5.74, 6) is -0.790. The summed E-state index contributed by atoms with van der Waals surface area (Å²) in [6.45, 7) is 1.88. The molecule has 1 unspecified atom stereocenters. The second-order valence-corrected chi connectivity index (χ2v) is 4.78. The minimum Gasteiger partial charge on any atom is -0.450 e. The highest BCUT2D eigenvalue weighted by Crippen LogP contribution is 2.21. The van der Waals surface area contributed by atoms with Gasteiger partial charge in [0.15, 0.2) is 0 Å². The first-order chi connectivity index (χ1) is 10.5. The van der Waals surface area contributed by atoms with Crippen LogP contribution in [0.15, 0.2) is 48.5 Å². The number of para-hydroxylation sites is 1. The molecular weight excluding hydrogens is 283 g/mol. The Hall–Kier alpha value is -2.87. The lowest BCUT2D eigenvalue weighted by atomic mass is 10.2. The van der Waals surface area contributed by atoms with Crippen molar-refractivity contribution in [2.75, 3.05) is 11.9 Å². The van der Waals surface area contributed by atoms with Gasteiger partial charge in [-0.05, 0) is 36.8 Å². The van der Waals surface area contributed by atoms with Crippen molar-refractivity contribution in [3.63, 3.8) is 0 Å². The lowest BCUT2D eigenvalue weighted by molar-refractivity contribution is -0.132. The summed E-state index contributed by atoms with van der Waals surface area (Å²) in [7, 11) is 1.48. The number of nitrogens with zero attached hydrogens (tertiary/aromatic N) is 2. The van der Waals surface area contributed by atoms with E-state index in [2.05, 4.69) is 0 Å². The van der Waals surface area contributed by atoms with Crippen LogP contribution in [0.3, 0.4) is 0 Å². The topological polar surface area (TPSA) is 53.3 Å². The monoisotopic (exact) mass is 298 g/mol. The minimum absolute atomic E-state index is 0.0449. The van der Waals surface area contributed by atoms with Crippen molar-refractivity contribution in [3.8, 4) is 11.8 Å². The summed E-state index contributed by atoms with van der Waals surface area (Å²) < 4.78 is 19.1. The predicted molar refractivity (Wildman–Crippen MR) is 81.3 cm³/mol. The van der Waals surface area contributed by atoms with Gasteiger partial charge < -0.3 is 9.64 Å². The molecule has 4 nitrogen and oxygen atoms in total. The van der Waals surface area contributed by atoms with E-state index in [0.29, 0.717) is 5.69 Å². The molecule has 0 aliphatic carbocycles. The highest BCUT2D eigenvalue weighted by atomic mass is 19.1. The van der Waals surface area contributed by atoms with Gasteiger partial charge in [-0.1, -0.05) is 24.3 Å². The summed E-state index contributed by atoms with van der Waals surface area (Å²) in [6.07, 6.45) is -2.18. The van der Waals surface area contributed by atoms with Crippen LogP contribution in [-0.2, 0) is 4.79 Å². The Kier molecular flexibility index (Phi) is 4.74. The van der Waals surface area contributed by atoms with Crippen LogP contribution in [0.25, 0.3) is 0 Å². The van der Waals surface area contributed by atoms with E-state index in [1.165, 1.54) is 24.1 Å². The first-order valence-electron chi connectivity index (χ1n) is 6.67. The number of hydrogen-bond acceptors (Lipinski definition) is 3. The van der Waals surface area contributed by atoms with Gasteiger partial charge in [0.2, 0.25) is 0 Å². The first-order valence-corrected chi connectivity index (χ1v) is 6.67. The first kappa shape index (κ1) is 15.5. The molecule has 112 valence electrons. The van der Waals surface area contributed by atoms with E-state index in [9.17, 15) is 9.18 Å². The molecule has 5 heteroatoms. The Morgan fingerprint density at radius 2 is 2.00 bits per heavy atom.